The molecule has 0 saturated carbocycles. The Labute approximate surface area is 155 Å². The van der Waals surface area contributed by atoms with E-state index >= 15 is 0 Å². The number of hydrogen-bond donors (Lipinski definition) is 0. The lowest BCUT2D eigenvalue weighted by atomic mass is 10.0. The highest BCUT2D eigenvalue weighted by Gasteiger charge is 2.48. The van der Waals surface area contributed by atoms with Gasteiger partial charge in [-0.3, -0.25) is 4.98 Å². The minimum absolute atomic E-state index is 0.0201. The molecule has 2 rings (SSSR count). The van der Waals surface area contributed by atoms with Crippen molar-refractivity contribution in [2.24, 2.45) is 0 Å². The topological polar surface area (TPSA) is 74.1 Å². The SMILES string of the molecule is CN([C@@H](c1ccc(C(F)(F)F)cc1)C(F)(F)F)S(=O)(=O)c1cncc(C#N)c1. The van der Waals surface area contributed by atoms with Gasteiger partial charge in [0.25, 0.3) is 0 Å². The van der Waals surface area contributed by atoms with E-state index in [0.29, 0.717) is 31.3 Å². The molecular formula is C16H11F6N3O2S. The van der Waals surface area contributed by atoms with E-state index in [0.717, 1.165) is 18.5 Å². The highest BCUT2D eigenvalue weighted by molar-refractivity contribution is 7.89. The van der Waals surface area contributed by atoms with Crippen LogP contribution < -0.4 is 0 Å². The molecule has 0 radical (unpaired) electrons. The van der Waals surface area contributed by atoms with Crippen LogP contribution in [0.3, 0.4) is 0 Å². The summed E-state index contributed by atoms with van der Waals surface area (Å²) in [6.07, 6.45) is -8.08. The Balaban J connectivity index is 2.52. The molecule has 1 atom stereocenters. The number of nitriles is 1. The molecule has 0 N–H and O–H groups in total. The average Bonchev–Trinajstić information content (AvgIpc) is 2.60. The van der Waals surface area contributed by atoms with Gasteiger partial charge in [0.15, 0.2) is 0 Å². The first-order chi connectivity index (χ1) is 12.8. The molecule has 0 unspecified atom stereocenters. The highest BCUT2D eigenvalue weighted by atomic mass is 32.2. The quantitative estimate of drug-likeness (QED) is 0.700. The molecule has 1 heterocycles. The summed E-state index contributed by atoms with van der Waals surface area (Å²) < 4.78 is 104. The number of benzene rings is 1. The molecule has 1 aromatic heterocycles. The standard InChI is InChI=1S/C16H11F6N3O2S/c1-25(28(26,27)13-6-10(7-23)8-24-9-13)14(16(20,21)22)11-2-4-12(5-3-11)15(17,18)19/h2-6,8-9,14H,1H3/t14-/m0/s1. The number of halogens is 6. The molecule has 150 valence electrons. The van der Waals surface area contributed by atoms with Gasteiger partial charge >= 0.3 is 12.4 Å². The van der Waals surface area contributed by atoms with Crippen LogP contribution in [-0.4, -0.2) is 30.9 Å². The molecule has 0 aliphatic heterocycles. The van der Waals surface area contributed by atoms with Crippen LogP contribution in [0.25, 0.3) is 0 Å². The van der Waals surface area contributed by atoms with E-state index in [9.17, 15) is 34.8 Å². The molecule has 0 aliphatic rings. The summed E-state index contributed by atoms with van der Waals surface area (Å²) >= 11 is 0. The number of alkyl halides is 6. The van der Waals surface area contributed by atoms with Crippen LogP contribution >= 0.6 is 0 Å². The van der Waals surface area contributed by atoms with Gasteiger partial charge in [0, 0.05) is 19.4 Å². The van der Waals surface area contributed by atoms with Crippen LogP contribution in [0.1, 0.15) is 22.7 Å². The Morgan fingerprint density at radius 1 is 1.07 bits per heavy atom. The Morgan fingerprint density at radius 2 is 1.64 bits per heavy atom. The number of rotatable bonds is 4. The molecule has 0 aliphatic carbocycles. The Hall–Kier alpha value is -2.65. The summed E-state index contributed by atoms with van der Waals surface area (Å²) in [4.78, 5) is 2.85. The monoisotopic (exact) mass is 423 g/mol. The summed E-state index contributed by atoms with van der Waals surface area (Å²) in [5, 5.41) is 8.80. The second-order valence-electron chi connectivity index (χ2n) is 5.61. The van der Waals surface area contributed by atoms with Crippen molar-refractivity contribution in [1.29, 1.82) is 5.26 Å². The van der Waals surface area contributed by atoms with Gasteiger partial charge in [-0.2, -0.15) is 35.9 Å². The lowest BCUT2D eigenvalue weighted by Crippen LogP contribution is -2.39. The van der Waals surface area contributed by atoms with Gasteiger partial charge in [-0.1, -0.05) is 12.1 Å². The normalized spacial score (nSPS) is 14.0. The highest BCUT2D eigenvalue weighted by Crippen LogP contribution is 2.40. The van der Waals surface area contributed by atoms with E-state index in [4.69, 9.17) is 5.26 Å². The lowest BCUT2D eigenvalue weighted by molar-refractivity contribution is -0.171. The van der Waals surface area contributed by atoms with Gasteiger partial charge in [-0.25, -0.2) is 8.42 Å². The number of nitrogens with zero attached hydrogens (tertiary/aromatic N) is 3. The number of aromatic nitrogens is 1. The van der Waals surface area contributed by atoms with Crippen LogP contribution in [0.2, 0.25) is 0 Å². The maximum absolute atomic E-state index is 13.6. The van der Waals surface area contributed by atoms with Crippen molar-refractivity contribution in [3.05, 3.63) is 59.4 Å². The predicted molar refractivity (Wildman–Crippen MR) is 84.1 cm³/mol. The fraction of sp³-hybridized carbons (Fsp3) is 0.250. The Kier molecular flexibility index (Phi) is 5.72. The van der Waals surface area contributed by atoms with Crippen LogP contribution in [-0.2, 0) is 16.2 Å². The predicted octanol–water partition coefficient (Wildman–Crippen LogP) is 3.90. The van der Waals surface area contributed by atoms with Crippen molar-refractivity contribution >= 4 is 10.0 Å². The van der Waals surface area contributed by atoms with E-state index < -0.39 is 44.4 Å². The number of hydrogen-bond acceptors (Lipinski definition) is 4. The zero-order valence-electron chi connectivity index (χ0n) is 14.0. The van der Waals surface area contributed by atoms with E-state index in [1.807, 2.05) is 0 Å². The maximum Gasteiger partial charge on any atom is 0.416 e. The molecule has 0 fully saturated rings. The fourth-order valence-electron chi connectivity index (χ4n) is 2.39. The molecule has 5 nitrogen and oxygen atoms in total. The van der Waals surface area contributed by atoms with Crippen molar-refractivity contribution in [2.75, 3.05) is 7.05 Å². The smallest absolute Gasteiger partial charge is 0.262 e. The van der Waals surface area contributed by atoms with Crippen LogP contribution in [0.4, 0.5) is 26.3 Å². The van der Waals surface area contributed by atoms with Gasteiger partial charge in [-0.15, -0.1) is 0 Å². The van der Waals surface area contributed by atoms with Gasteiger partial charge in [0.05, 0.1) is 11.1 Å². The summed E-state index contributed by atoms with van der Waals surface area (Å²) in [5.74, 6) is 0. The molecule has 0 spiro atoms. The molecule has 2 aromatic rings. The second-order valence-corrected chi connectivity index (χ2v) is 7.60. The molecule has 1 aromatic carbocycles. The van der Waals surface area contributed by atoms with Gasteiger partial charge in [-0.05, 0) is 23.8 Å². The average molecular weight is 423 g/mol. The molecule has 0 amide bonds. The molecule has 12 heteroatoms. The molecule has 28 heavy (non-hydrogen) atoms. The minimum atomic E-state index is -5.12. The van der Waals surface area contributed by atoms with E-state index in [-0.39, 0.29) is 9.87 Å². The third kappa shape index (κ3) is 4.42. The third-order valence-electron chi connectivity index (χ3n) is 3.75. The first-order valence-electron chi connectivity index (χ1n) is 7.35. The number of pyridine rings is 1. The molecule has 0 bridgehead atoms. The summed E-state index contributed by atoms with van der Waals surface area (Å²) in [7, 11) is -4.12. The second kappa shape index (κ2) is 7.40. The van der Waals surface area contributed by atoms with Crippen molar-refractivity contribution in [2.45, 2.75) is 23.3 Å². The first kappa shape index (κ1) is 21.6. The van der Waals surface area contributed by atoms with E-state index in [1.54, 1.807) is 6.07 Å². The van der Waals surface area contributed by atoms with E-state index in [1.165, 1.54) is 0 Å². The molecular weight excluding hydrogens is 412 g/mol. The van der Waals surface area contributed by atoms with Crippen molar-refractivity contribution < 1.29 is 34.8 Å². The minimum Gasteiger partial charge on any atom is -0.262 e. The maximum atomic E-state index is 13.6. The van der Waals surface area contributed by atoms with Crippen LogP contribution in [0, 0.1) is 11.3 Å². The summed E-state index contributed by atoms with van der Waals surface area (Å²) in [6, 6.07) is 1.72. The Morgan fingerprint density at radius 3 is 2.11 bits per heavy atom. The van der Waals surface area contributed by atoms with Gasteiger partial charge in [0.2, 0.25) is 10.0 Å². The van der Waals surface area contributed by atoms with Crippen molar-refractivity contribution in [3.63, 3.8) is 0 Å². The van der Waals surface area contributed by atoms with Crippen molar-refractivity contribution in [1.82, 2.24) is 9.29 Å². The Bertz CT molecular complexity index is 995. The lowest BCUT2D eigenvalue weighted by Gasteiger charge is -2.29. The van der Waals surface area contributed by atoms with Crippen LogP contribution in [0.5, 0.6) is 0 Å². The third-order valence-corrected chi connectivity index (χ3v) is 5.53. The van der Waals surface area contributed by atoms with Gasteiger partial charge in [0.1, 0.15) is 17.0 Å². The zero-order valence-corrected chi connectivity index (χ0v) is 14.8. The van der Waals surface area contributed by atoms with Crippen LogP contribution in [0.15, 0.2) is 47.6 Å². The molecule has 0 saturated heterocycles. The summed E-state index contributed by atoms with van der Waals surface area (Å²) in [5.41, 5.74) is -2.06. The number of sulfonamides is 1. The first-order valence-corrected chi connectivity index (χ1v) is 8.79. The van der Waals surface area contributed by atoms with Gasteiger partial charge < -0.3 is 0 Å². The largest absolute Gasteiger partial charge is 0.416 e. The van der Waals surface area contributed by atoms with Crippen molar-refractivity contribution in [3.8, 4) is 6.07 Å². The zero-order chi connectivity index (χ0) is 21.3. The van der Waals surface area contributed by atoms with E-state index in [2.05, 4.69) is 4.98 Å². The summed E-state index contributed by atoms with van der Waals surface area (Å²) in [6.45, 7) is 0. The fourth-order valence-corrected chi connectivity index (χ4v) is 3.71.